The lowest BCUT2D eigenvalue weighted by Crippen LogP contribution is -2.31. The molecule has 1 amide bonds. The summed E-state index contributed by atoms with van der Waals surface area (Å²) in [5, 5.41) is 2.46. The minimum Gasteiger partial charge on any atom is -0.331 e. The van der Waals surface area contributed by atoms with Gasteiger partial charge in [0.1, 0.15) is 0 Å². The molecule has 8 heteroatoms. The average Bonchev–Trinajstić information content (AvgIpc) is 3.44. The standard InChI is InChI=1S/C22H21ClN2O3S2/c1-24(18-8-3-7-17(23)15-18)30(27,28)19-9-2-6-16(14-19)22(26)25-12-4-10-20(25)21-11-5-13-29-21/h2-3,5-9,11,13-15,20H,4,10,12H2,1H3. The van der Waals surface area contributed by atoms with Crippen LogP contribution in [0.15, 0.2) is 70.9 Å². The summed E-state index contributed by atoms with van der Waals surface area (Å²) in [5.74, 6) is -0.145. The van der Waals surface area contributed by atoms with Crippen molar-refractivity contribution in [1.82, 2.24) is 4.90 Å². The van der Waals surface area contributed by atoms with Crippen LogP contribution in [0.5, 0.6) is 0 Å². The van der Waals surface area contributed by atoms with Gasteiger partial charge in [-0.15, -0.1) is 11.3 Å². The first-order valence-electron chi connectivity index (χ1n) is 9.57. The van der Waals surface area contributed by atoms with Crippen LogP contribution in [0, 0.1) is 0 Å². The van der Waals surface area contributed by atoms with Crippen molar-refractivity contribution in [3.05, 3.63) is 81.5 Å². The lowest BCUT2D eigenvalue weighted by atomic mass is 10.1. The van der Waals surface area contributed by atoms with Crippen LogP contribution in [0.1, 0.15) is 34.1 Å². The summed E-state index contributed by atoms with van der Waals surface area (Å²) in [6, 6.07) is 17.0. The van der Waals surface area contributed by atoms with Gasteiger partial charge >= 0.3 is 0 Å². The fourth-order valence-electron chi connectivity index (χ4n) is 3.71. The minimum atomic E-state index is -3.84. The van der Waals surface area contributed by atoms with Crippen molar-refractivity contribution < 1.29 is 13.2 Å². The maximum absolute atomic E-state index is 13.2. The summed E-state index contributed by atoms with van der Waals surface area (Å²) in [4.78, 5) is 16.3. The largest absolute Gasteiger partial charge is 0.331 e. The van der Waals surface area contributed by atoms with E-state index >= 15 is 0 Å². The first kappa shape index (κ1) is 20.9. The Labute approximate surface area is 185 Å². The summed E-state index contributed by atoms with van der Waals surface area (Å²) >= 11 is 7.65. The van der Waals surface area contributed by atoms with Crippen molar-refractivity contribution in [2.75, 3.05) is 17.9 Å². The Morgan fingerprint density at radius 3 is 2.67 bits per heavy atom. The van der Waals surface area contributed by atoms with Gasteiger partial charge in [0.05, 0.1) is 16.6 Å². The molecule has 5 nitrogen and oxygen atoms in total. The maximum Gasteiger partial charge on any atom is 0.264 e. The van der Waals surface area contributed by atoms with Gasteiger partial charge in [0.15, 0.2) is 0 Å². The van der Waals surface area contributed by atoms with E-state index in [1.165, 1.54) is 23.5 Å². The number of halogens is 1. The molecule has 0 radical (unpaired) electrons. The second kappa shape index (κ2) is 8.41. The molecule has 1 fully saturated rings. The van der Waals surface area contributed by atoms with E-state index in [0.717, 1.165) is 17.7 Å². The van der Waals surface area contributed by atoms with Gasteiger partial charge in [-0.3, -0.25) is 9.10 Å². The Morgan fingerprint density at radius 2 is 1.93 bits per heavy atom. The van der Waals surface area contributed by atoms with Crippen LogP contribution in [0.2, 0.25) is 5.02 Å². The fourth-order valence-corrected chi connectivity index (χ4v) is 6.00. The van der Waals surface area contributed by atoms with E-state index in [0.29, 0.717) is 22.8 Å². The van der Waals surface area contributed by atoms with Gasteiger partial charge in [-0.25, -0.2) is 8.42 Å². The molecule has 0 N–H and O–H groups in total. The molecule has 1 aromatic heterocycles. The predicted molar refractivity (Wildman–Crippen MR) is 121 cm³/mol. The Hall–Kier alpha value is -2.35. The number of anilines is 1. The quantitative estimate of drug-likeness (QED) is 0.525. The first-order chi connectivity index (χ1) is 14.4. The van der Waals surface area contributed by atoms with Crippen molar-refractivity contribution in [3.63, 3.8) is 0 Å². The number of sulfonamides is 1. The molecule has 0 aliphatic carbocycles. The third-order valence-corrected chi connectivity index (χ3v) is 8.29. The van der Waals surface area contributed by atoms with Crippen molar-refractivity contribution in [2.45, 2.75) is 23.8 Å². The van der Waals surface area contributed by atoms with E-state index in [9.17, 15) is 13.2 Å². The maximum atomic E-state index is 13.2. The molecule has 1 atom stereocenters. The highest BCUT2D eigenvalue weighted by atomic mass is 35.5. The summed E-state index contributed by atoms with van der Waals surface area (Å²) in [7, 11) is -2.36. The second-order valence-corrected chi connectivity index (χ2v) is 10.5. The van der Waals surface area contributed by atoms with Crippen molar-refractivity contribution in [2.24, 2.45) is 0 Å². The van der Waals surface area contributed by atoms with Crippen LogP contribution in [0.3, 0.4) is 0 Å². The molecule has 1 aliphatic rings. The van der Waals surface area contributed by atoms with Gasteiger partial charge in [0.2, 0.25) is 0 Å². The normalized spacial score (nSPS) is 16.6. The van der Waals surface area contributed by atoms with Crippen molar-refractivity contribution in [3.8, 4) is 0 Å². The Bertz CT molecular complexity index is 1160. The highest BCUT2D eigenvalue weighted by Gasteiger charge is 2.32. The summed E-state index contributed by atoms with van der Waals surface area (Å²) in [5.41, 5.74) is 0.829. The number of likely N-dealkylation sites (tertiary alicyclic amines) is 1. The molecule has 2 aromatic carbocycles. The summed E-state index contributed by atoms with van der Waals surface area (Å²) in [6.45, 7) is 0.667. The lowest BCUT2D eigenvalue weighted by Gasteiger charge is -2.24. The van der Waals surface area contributed by atoms with E-state index in [4.69, 9.17) is 11.6 Å². The monoisotopic (exact) mass is 460 g/mol. The number of carbonyl (C=O) groups is 1. The number of hydrogen-bond acceptors (Lipinski definition) is 4. The van der Waals surface area contributed by atoms with E-state index in [-0.39, 0.29) is 16.8 Å². The fraction of sp³-hybridized carbons (Fsp3) is 0.227. The second-order valence-electron chi connectivity index (χ2n) is 7.15. The van der Waals surface area contributed by atoms with Crippen LogP contribution in [-0.4, -0.2) is 32.8 Å². The molecule has 1 aliphatic heterocycles. The minimum absolute atomic E-state index is 0.0481. The van der Waals surface area contributed by atoms with Gasteiger partial charge < -0.3 is 4.90 Å². The molecule has 1 saturated heterocycles. The number of benzene rings is 2. The third-order valence-electron chi connectivity index (χ3n) is 5.30. The number of amides is 1. The Kier molecular flexibility index (Phi) is 5.86. The Balaban J connectivity index is 1.63. The molecule has 2 heterocycles. The van der Waals surface area contributed by atoms with Crippen molar-refractivity contribution in [1.29, 1.82) is 0 Å². The zero-order chi connectivity index (χ0) is 21.3. The third kappa shape index (κ3) is 3.97. The lowest BCUT2D eigenvalue weighted by molar-refractivity contribution is 0.0737. The molecular weight excluding hydrogens is 440 g/mol. The topological polar surface area (TPSA) is 57.7 Å². The van der Waals surface area contributed by atoms with Gasteiger partial charge in [-0.2, -0.15) is 0 Å². The average molecular weight is 461 g/mol. The van der Waals surface area contributed by atoms with Crippen molar-refractivity contribution >= 4 is 44.6 Å². The molecule has 0 bridgehead atoms. The number of carbonyl (C=O) groups excluding carboxylic acids is 1. The van der Waals surface area contributed by atoms with E-state index in [1.807, 2.05) is 22.4 Å². The highest BCUT2D eigenvalue weighted by molar-refractivity contribution is 7.92. The molecule has 3 aromatic rings. The van der Waals surface area contributed by atoms with Crippen LogP contribution in [0.4, 0.5) is 5.69 Å². The first-order valence-corrected chi connectivity index (χ1v) is 12.3. The number of thiophene rings is 1. The van der Waals surface area contributed by atoms with Crippen LogP contribution < -0.4 is 4.31 Å². The Morgan fingerprint density at radius 1 is 1.13 bits per heavy atom. The zero-order valence-corrected chi connectivity index (χ0v) is 18.8. The van der Waals surface area contributed by atoms with Gasteiger partial charge in [-0.05, 0) is 60.7 Å². The van der Waals surface area contributed by atoms with Gasteiger partial charge in [0, 0.05) is 29.1 Å². The number of nitrogens with zero attached hydrogens (tertiary/aromatic N) is 2. The smallest absolute Gasteiger partial charge is 0.264 e. The van der Waals surface area contributed by atoms with E-state index < -0.39 is 10.0 Å². The molecule has 156 valence electrons. The number of hydrogen-bond donors (Lipinski definition) is 0. The molecule has 0 saturated carbocycles. The molecule has 4 rings (SSSR count). The van der Waals surface area contributed by atoms with Gasteiger partial charge in [-0.1, -0.05) is 29.8 Å². The van der Waals surface area contributed by atoms with E-state index in [1.54, 1.807) is 47.7 Å². The molecular formula is C22H21ClN2O3S2. The summed E-state index contributed by atoms with van der Waals surface area (Å²) < 4.78 is 27.5. The molecule has 30 heavy (non-hydrogen) atoms. The van der Waals surface area contributed by atoms with Gasteiger partial charge in [0.25, 0.3) is 15.9 Å². The molecule has 1 unspecified atom stereocenters. The van der Waals surface area contributed by atoms with Crippen LogP contribution in [-0.2, 0) is 10.0 Å². The highest BCUT2D eigenvalue weighted by Crippen LogP contribution is 2.35. The molecule has 0 spiro atoms. The number of rotatable bonds is 5. The zero-order valence-electron chi connectivity index (χ0n) is 16.4. The van der Waals surface area contributed by atoms with E-state index in [2.05, 4.69) is 0 Å². The SMILES string of the molecule is CN(c1cccc(Cl)c1)S(=O)(=O)c1cccc(C(=O)N2CCCC2c2cccs2)c1. The predicted octanol–water partition coefficient (Wildman–Crippen LogP) is 5.20. The van der Waals surface area contributed by atoms with Crippen LogP contribution >= 0.6 is 22.9 Å². The van der Waals surface area contributed by atoms with Crippen LogP contribution in [0.25, 0.3) is 0 Å². The summed E-state index contributed by atoms with van der Waals surface area (Å²) in [6.07, 6.45) is 1.85.